The van der Waals surface area contributed by atoms with Crippen molar-refractivity contribution in [3.63, 3.8) is 0 Å². The van der Waals surface area contributed by atoms with Crippen LogP contribution in [0.3, 0.4) is 0 Å². The molecule has 0 saturated carbocycles. The lowest BCUT2D eigenvalue weighted by molar-refractivity contribution is 0.102. The van der Waals surface area contributed by atoms with Crippen molar-refractivity contribution in [2.75, 3.05) is 12.4 Å². The van der Waals surface area contributed by atoms with E-state index in [1.807, 2.05) is 42.8 Å². The van der Waals surface area contributed by atoms with Crippen LogP contribution in [-0.2, 0) is 13.6 Å². The second kappa shape index (κ2) is 7.21. The summed E-state index contributed by atoms with van der Waals surface area (Å²) in [5, 5.41) is 11.8. The van der Waals surface area contributed by atoms with E-state index in [1.54, 1.807) is 20.4 Å². The monoisotopic (exact) mass is 373 g/mol. The van der Waals surface area contributed by atoms with Gasteiger partial charge in [0.25, 0.3) is 5.91 Å². The predicted octanol–water partition coefficient (Wildman–Crippen LogP) is 3.20. The van der Waals surface area contributed by atoms with Crippen LogP contribution in [0.5, 0.6) is 5.75 Å². The minimum Gasteiger partial charge on any atom is -0.497 e. The number of aryl methyl sites for hydroxylation is 2. The molecule has 0 aliphatic carbocycles. The fourth-order valence-corrected chi connectivity index (χ4v) is 3.03. The highest BCUT2D eigenvalue weighted by atomic mass is 35.5. The van der Waals surface area contributed by atoms with Crippen LogP contribution in [0.15, 0.2) is 30.5 Å². The quantitative estimate of drug-likeness (QED) is 0.745. The van der Waals surface area contributed by atoms with E-state index in [4.69, 9.17) is 16.3 Å². The molecule has 0 aliphatic heterocycles. The van der Waals surface area contributed by atoms with Crippen LogP contribution in [-0.4, -0.2) is 32.6 Å². The number of ether oxygens (including phenoxy) is 1. The van der Waals surface area contributed by atoms with Gasteiger partial charge in [0.15, 0.2) is 5.69 Å². The number of halogens is 1. The lowest BCUT2D eigenvalue weighted by atomic mass is 10.2. The second-order valence-corrected chi connectivity index (χ2v) is 6.42. The van der Waals surface area contributed by atoms with E-state index >= 15 is 0 Å². The van der Waals surface area contributed by atoms with Gasteiger partial charge in [-0.15, -0.1) is 0 Å². The van der Waals surface area contributed by atoms with Crippen LogP contribution in [0, 0.1) is 13.8 Å². The van der Waals surface area contributed by atoms with Crippen LogP contribution in [0.1, 0.15) is 27.4 Å². The molecule has 3 aromatic rings. The van der Waals surface area contributed by atoms with Crippen LogP contribution in [0.4, 0.5) is 5.69 Å². The maximum absolute atomic E-state index is 12.5. The third-order valence-electron chi connectivity index (χ3n) is 4.09. The Kier molecular flexibility index (Phi) is 4.99. The zero-order valence-corrected chi connectivity index (χ0v) is 15.8. The third-order valence-corrected chi connectivity index (χ3v) is 4.36. The highest BCUT2D eigenvalue weighted by Gasteiger charge is 2.19. The minimum absolute atomic E-state index is 0.188. The zero-order chi connectivity index (χ0) is 18.8. The normalized spacial score (nSPS) is 10.8. The summed E-state index contributed by atoms with van der Waals surface area (Å²) in [7, 11) is 3.35. The Balaban J connectivity index is 1.83. The Hall–Kier alpha value is -2.80. The number of hydrogen-bond donors (Lipinski definition) is 1. The molecule has 7 nitrogen and oxygen atoms in total. The number of amides is 1. The average molecular weight is 374 g/mol. The maximum atomic E-state index is 12.5. The molecule has 1 N–H and O–H groups in total. The topological polar surface area (TPSA) is 74.0 Å². The Labute approximate surface area is 156 Å². The van der Waals surface area contributed by atoms with Gasteiger partial charge >= 0.3 is 0 Å². The second-order valence-electron chi connectivity index (χ2n) is 6.01. The van der Waals surface area contributed by atoms with Crippen molar-refractivity contribution < 1.29 is 9.53 Å². The number of benzene rings is 1. The van der Waals surface area contributed by atoms with E-state index in [2.05, 4.69) is 15.5 Å². The Bertz CT molecular complexity index is 961. The first kappa shape index (κ1) is 18.0. The van der Waals surface area contributed by atoms with Crippen molar-refractivity contribution in [1.29, 1.82) is 0 Å². The summed E-state index contributed by atoms with van der Waals surface area (Å²) in [4.78, 5) is 12.5. The lowest BCUT2D eigenvalue weighted by Gasteiger charge is -2.08. The van der Waals surface area contributed by atoms with Crippen LogP contribution in [0.2, 0.25) is 5.02 Å². The standard InChI is InChI=1S/C18H20ClN5O2/c1-11-16(20-18(25)17-15(19)10-23(3)22-17)12(2)24(21-11)9-13-6-5-7-14(8-13)26-4/h5-8,10H,9H2,1-4H3,(H,20,25). The number of methoxy groups -OCH3 is 1. The minimum atomic E-state index is -0.359. The highest BCUT2D eigenvalue weighted by Crippen LogP contribution is 2.23. The molecule has 136 valence electrons. The van der Waals surface area contributed by atoms with E-state index in [0.29, 0.717) is 17.3 Å². The van der Waals surface area contributed by atoms with E-state index in [1.165, 1.54) is 4.68 Å². The SMILES string of the molecule is COc1cccc(Cn2nc(C)c(NC(=O)c3nn(C)cc3Cl)c2C)c1. The molecule has 2 aromatic heterocycles. The van der Waals surface area contributed by atoms with Gasteiger partial charge in [0.2, 0.25) is 0 Å². The largest absolute Gasteiger partial charge is 0.497 e. The molecular formula is C18H20ClN5O2. The van der Waals surface area contributed by atoms with Crippen LogP contribution in [0.25, 0.3) is 0 Å². The number of carbonyl (C=O) groups is 1. The van der Waals surface area contributed by atoms with Gasteiger partial charge in [0.05, 0.1) is 35.8 Å². The fourth-order valence-electron chi connectivity index (χ4n) is 2.76. The Morgan fingerprint density at radius 3 is 2.73 bits per heavy atom. The lowest BCUT2D eigenvalue weighted by Crippen LogP contribution is -2.15. The zero-order valence-electron chi connectivity index (χ0n) is 15.1. The van der Waals surface area contributed by atoms with E-state index in [0.717, 1.165) is 22.7 Å². The van der Waals surface area contributed by atoms with Crippen molar-refractivity contribution in [2.45, 2.75) is 20.4 Å². The van der Waals surface area contributed by atoms with Crippen molar-refractivity contribution >= 4 is 23.2 Å². The number of rotatable bonds is 5. The molecule has 0 bridgehead atoms. The molecular weight excluding hydrogens is 354 g/mol. The molecule has 8 heteroatoms. The molecule has 3 rings (SSSR count). The number of nitrogens with zero attached hydrogens (tertiary/aromatic N) is 4. The van der Waals surface area contributed by atoms with Gasteiger partial charge in [-0.3, -0.25) is 14.2 Å². The van der Waals surface area contributed by atoms with Gasteiger partial charge in [0.1, 0.15) is 5.75 Å². The summed E-state index contributed by atoms with van der Waals surface area (Å²) in [6.45, 7) is 4.34. The average Bonchev–Trinajstić information content (AvgIpc) is 3.08. The molecule has 0 aliphatic rings. The number of hydrogen-bond acceptors (Lipinski definition) is 4. The molecule has 1 amide bonds. The first-order chi connectivity index (χ1) is 12.4. The van der Waals surface area contributed by atoms with Crippen molar-refractivity contribution in [3.8, 4) is 5.75 Å². The molecule has 0 spiro atoms. The molecule has 0 saturated heterocycles. The van der Waals surface area contributed by atoms with Crippen LogP contribution < -0.4 is 10.1 Å². The van der Waals surface area contributed by atoms with E-state index in [9.17, 15) is 4.79 Å². The van der Waals surface area contributed by atoms with E-state index < -0.39 is 0 Å². The molecule has 0 unspecified atom stereocenters. The summed E-state index contributed by atoms with van der Waals surface area (Å²) in [5.41, 5.74) is 3.49. The van der Waals surface area contributed by atoms with Crippen molar-refractivity contribution in [1.82, 2.24) is 19.6 Å². The van der Waals surface area contributed by atoms with Gasteiger partial charge < -0.3 is 10.1 Å². The Morgan fingerprint density at radius 2 is 2.08 bits per heavy atom. The predicted molar refractivity (Wildman–Crippen MR) is 100.0 cm³/mol. The molecule has 2 heterocycles. The van der Waals surface area contributed by atoms with Gasteiger partial charge in [-0.05, 0) is 31.5 Å². The first-order valence-electron chi connectivity index (χ1n) is 8.06. The van der Waals surface area contributed by atoms with Crippen molar-refractivity contribution in [2.24, 2.45) is 7.05 Å². The number of nitrogens with one attached hydrogen (secondary N) is 1. The molecule has 1 aromatic carbocycles. The van der Waals surface area contributed by atoms with Gasteiger partial charge in [-0.2, -0.15) is 10.2 Å². The smallest absolute Gasteiger partial charge is 0.277 e. The number of carbonyl (C=O) groups excluding carboxylic acids is 1. The number of aromatic nitrogens is 4. The summed E-state index contributed by atoms with van der Waals surface area (Å²) >= 11 is 6.05. The molecule has 0 radical (unpaired) electrons. The van der Waals surface area contributed by atoms with Gasteiger partial charge in [0, 0.05) is 13.2 Å². The van der Waals surface area contributed by atoms with Crippen LogP contribution >= 0.6 is 11.6 Å². The fraction of sp³-hybridized carbons (Fsp3) is 0.278. The summed E-state index contributed by atoms with van der Waals surface area (Å²) in [6, 6.07) is 7.80. The van der Waals surface area contributed by atoms with Gasteiger partial charge in [-0.25, -0.2) is 0 Å². The molecule has 0 atom stereocenters. The first-order valence-corrected chi connectivity index (χ1v) is 8.44. The third kappa shape index (κ3) is 3.57. The Morgan fingerprint density at radius 1 is 1.31 bits per heavy atom. The molecule has 26 heavy (non-hydrogen) atoms. The summed E-state index contributed by atoms with van der Waals surface area (Å²) < 4.78 is 8.61. The summed E-state index contributed by atoms with van der Waals surface area (Å²) in [6.07, 6.45) is 1.59. The number of anilines is 1. The summed E-state index contributed by atoms with van der Waals surface area (Å²) in [5.74, 6) is 0.435. The highest BCUT2D eigenvalue weighted by molar-refractivity contribution is 6.34. The molecule has 0 fully saturated rings. The van der Waals surface area contributed by atoms with Crippen molar-refractivity contribution in [3.05, 3.63) is 58.1 Å². The van der Waals surface area contributed by atoms with E-state index in [-0.39, 0.29) is 11.6 Å². The van der Waals surface area contributed by atoms with Gasteiger partial charge in [-0.1, -0.05) is 23.7 Å². The maximum Gasteiger partial charge on any atom is 0.277 e.